The Morgan fingerprint density at radius 2 is 0.886 bits per heavy atom. The van der Waals surface area contributed by atoms with Crippen molar-refractivity contribution in [3.63, 3.8) is 0 Å². The predicted octanol–water partition coefficient (Wildman–Crippen LogP) is 9.34. The standard InChI is InChI=1S/C36H66O8/c1-6-11-15-19-22-30(42-34(38)24-12-7-2)29-32(44-36(40)26-14-9-4)31(43-35(39)25-13-8-3)23-20-17-16-18-21-27-33(37)41-28-10-5/h30-32H,6-29H2,1-5H3. The molecular formula is C36H66O8. The Morgan fingerprint density at radius 1 is 0.432 bits per heavy atom. The summed E-state index contributed by atoms with van der Waals surface area (Å²) in [7, 11) is 0. The van der Waals surface area contributed by atoms with Gasteiger partial charge in [0.1, 0.15) is 18.3 Å². The number of unbranched alkanes of at least 4 members (excludes halogenated alkanes) is 10. The van der Waals surface area contributed by atoms with Gasteiger partial charge in [0, 0.05) is 32.1 Å². The van der Waals surface area contributed by atoms with Crippen LogP contribution in [0.3, 0.4) is 0 Å². The third-order valence-corrected chi connectivity index (χ3v) is 7.69. The van der Waals surface area contributed by atoms with E-state index in [2.05, 4.69) is 6.92 Å². The summed E-state index contributed by atoms with van der Waals surface area (Å²) in [5, 5.41) is 0. The van der Waals surface area contributed by atoms with E-state index in [1.54, 1.807) is 0 Å². The van der Waals surface area contributed by atoms with Gasteiger partial charge in [-0.05, 0) is 57.8 Å². The van der Waals surface area contributed by atoms with Crippen LogP contribution in [0.25, 0.3) is 0 Å². The van der Waals surface area contributed by atoms with Crippen LogP contribution in [0.2, 0.25) is 0 Å². The number of rotatable bonds is 30. The maximum absolute atomic E-state index is 12.9. The maximum atomic E-state index is 12.9. The van der Waals surface area contributed by atoms with Crippen molar-refractivity contribution in [1.82, 2.24) is 0 Å². The molecule has 0 aliphatic heterocycles. The molecule has 3 atom stereocenters. The van der Waals surface area contributed by atoms with E-state index < -0.39 is 18.3 Å². The van der Waals surface area contributed by atoms with E-state index in [-0.39, 0.29) is 23.9 Å². The highest BCUT2D eigenvalue weighted by atomic mass is 16.6. The van der Waals surface area contributed by atoms with Gasteiger partial charge < -0.3 is 18.9 Å². The molecular weight excluding hydrogens is 560 g/mol. The fourth-order valence-electron chi connectivity index (χ4n) is 4.98. The quantitative estimate of drug-likeness (QED) is 0.0441. The average molecular weight is 627 g/mol. The Hall–Kier alpha value is -2.12. The zero-order chi connectivity index (χ0) is 32.8. The van der Waals surface area contributed by atoms with Crippen LogP contribution in [0.4, 0.5) is 0 Å². The largest absolute Gasteiger partial charge is 0.466 e. The predicted molar refractivity (Wildman–Crippen MR) is 175 cm³/mol. The summed E-state index contributed by atoms with van der Waals surface area (Å²) in [6.45, 7) is 10.7. The van der Waals surface area contributed by atoms with Crippen LogP contribution in [-0.2, 0) is 38.1 Å². The second kappa shape index (κ2) is 29.6. The smallest absolute Gasteiger partial charge is 0.306 e. The molecule has 0 saturated carbocycles. The molecule has 3 unspecified atom stereocenters. The fourth-order valence-corrected chi connectivity index (χ4v) is 4.98. The van der Waals surface area contributed by atoms with E-state index in [0.29, 0.717) is 51.6 Å². The molecule has 0 rings (SSSR count). The van der Waals surface area contributed by atoms with Gasteiger partial charge >= 0.3 is 23.9 Å². The van der Waals surface area contributed by atoms with E-state index >= 15 is 0 Å². The van der Waals surface area contributed by atoms with Gasteiger partial charge in [0.15, 0.2) is 0 Å². The minimum atomic E-state index is -0.673. The summed E-state index contributed by atoms with van der Waals surface area (Å²) in [5.41, 5.74) is 0. The van der Waals surface area contributed by atoms with E-state index in [1.165, 1.54) is 0 Å². The van der Waals surface area contributed by atoms with Crippen molar-refractivity contribution in [1.29, 1.82) is 0 Å². The Labute approximate surface area is 269 Å². The maximum Gasteiger partial charge on any atom is 0.306 e. The van der Waals surface area contributed by atoms with Gasteiger partial charge in [-0.1, -0.05) is 92.4 Å². The van der Waals surface area contributed by atoms with Gasteiger partial charge in [-0.3, -0.25) is 19.2 Å². The minimum Gasteiger partial charge on any atom is -0.466 e. The number of carbonyl (C=O) groups is 4. The van der Waals surface area contributed by atoms with Gasteiger partial charge in [0.2, 0.25) is 0 Å². The Bertz CT molecular complexity index is 738. The molecule has 44 heavy (non-hydrogen) atoms. The SMILES string of the molecule is CCCCCCC(CC(OC(=O)CCCC)C(CCCCCCCC(=O)OCCC)OC(=O)CCCC)OC(=O)CCCC. The molecule has 0 radical (unpaired) electrons. The first-order valence-corrected chi connectivity index (χ1v) is 18.0. The molecule has 8 heteroatoms. The zero-order valence-electron chi connectivity index (χ0n) is 29.0. The number of ether oxygens (including phenoxy) is 4. The molecule has 0 aromatic carbocycles. The summed E-state index contributed by atoms with van der Waals surface area (Å²) < 4.78 is 23.1. The van der Waals surface area contributed by atoms with Gasteiger partial charge in [-0.25, -0.2) is 0 Å². The van der Waals surface area contributed by atoms with Crippen molar-refractivity contribution in [3.8, 4) is 0 Å². The van der Waals surface area contributed by atoms with E-state index in [1.807, 2.05) is 27.7 Å². The molecule has 0 bridgehead atoms. The topological polar surface area (TPSA) is 105 Å². The first kappa shape index (κ1) is 41.9. The zero-order valence-corrected chi connectivity index (χ0v) is 29.0. The van der Waals surface area contributed by atoms with Gasteiger partial charge in [0.05, 0.1) is 6.61 Å². The van der Waals surface area contributed by atoms with E-state index in [9.17, 15) is 19.2 Å². The molecule has 0 amide bonds. The van der Waals surface area contributed by atoms with Gasteiger partial charge in [-0.15, -0.1) is 0 Å². The number of esters is 4. The second-order valence-electron chi connectivity index (χ2n) is 12.1. The molecule has 8 nitrogen and oxygen atoms in total. The second-order valence-corrected chi connectivity index (χ2v) is 12.1. The Balaban J connectivity index is 5.61. The van der Waals surface area contributed by atoms with Crippen LogP contribution < -0.4 is 0 Å². The molecule has 0 spiro atoms. The lowest BCUT2D eigenvalue weighted by Gasteiger charge is -2.30. The van der Waals surface area contributed by atoms with Crippen molar-refractivity contribution in [2.24, 2.45) is 0 Å². The lowest BCUT2D eigenvalue weighted by Crippen LogP contribution is -2.39. The highest BCUT2D eigenvalue weighted by Gasteiger charge is 2.32. The highest BCUT2D eigenvalue weighted by molar-refractivity contribution is 5.71. The molecule has 0 heterocycles. The Kier molecular flexibility index (Phi) is 28.2. The molecule has 0 aromatic rings. The third kappa shape index (κ3) is 24.2. The first-order valence-electron chi connectivity index (χ1n) is 18.0. The summed E-state index contributed by atoms with van der Waals surface area (Å²) in [6, 6.07) is 0. The minimum absolute atomic E-state index is 0.140. The summed E-state index contributed by atoms with van der Waals surface area (Å²) >= 11 is 0. The molecule has 0 aliphatic rings. The van der Waals surface area contributed by atoms with Crippen LogP contribution in [0.15, 0.2) is 0 Å². The summed E-state index contributed by atoms with van der Waals surface area (Å²) in [6.07, 6.45) is 15.6. The van der Waals surface area contributed by atoms with Gasteiger partial charge in [-0.2, -0.15) is 0 Å². The first-order chi connectivity index (χ1) is 21.3. The normalized spacial score (nSPS) is 13.1. The van der Waals surface area contributed by atoms with Crippen molar-refractivity contribution in [2.45, 2.75) is 201 Å². The van der Waals surface area contributed by atoms with Crippen molar-refractivity contribution in [3.05, 3.63) is 0 Å². The monoisotopic (exact) mass is 626 g/mol. The van der Waals surface area contributed by atoms with Gasteiger partial charge in [0.25, 0.3) is 0 Å². The molecule has 0 aliphatic carbocycles. The van der Waals surface area contributed by atoms with E-state index in [0.717, 1.165) is 103 Å². The number of hydrogen-bond acceptors (Lipinski definition) is 8. The van der Waals surface area contributed by atoms with Crippen LogP contribution in [0.1, 0.15) is 182 Å². The summed E-state index contributed by atoms with van der Waals surface area (Å²) in [5.74, 6) is -0.948. The van der Waals surface area contributed by atoms with Crippen molar-refractivity contribution < 1.29 is 38.1 Å². The molecule has 0 saturated heterocycles. The van der Waals surface area contributed by atoms with Crippen LogP contribution in [-0.4, -0.2) is 48.8 Å². The lowest BCUT2D eigenvalue weighted by atomic mass is 9.97. The molecule has 0 fully saturated rings. The fraction of sp³-hybridized carbons (Fsp3) is 0.889. The molecule has 0 N–H and O–H groups in total. The van der Waals surface area contributed by atoms with Crippen LogP contribution in [0, 0.1) is 0 Å². The molecule has 258 valence electrons. The highest BCUT2D eigenvalue weighted by Crippen LogP contribution is 2.24. The van der Waals surface area contributed by atoms with Crippen LogP contribution in [0.5, 0.6) is 0 Å². The molecule has 0 aromatic heterocycles. The van der Waals surface area contributed by atoms with Crippen molar-refractivity contribution >= 4 is 23.9 Å². The number of hydrogen-bond donors (Lipinski definition) is 0. The number of carbonyl (C=O) groups excluding carboxylic acids is 4. The lowest BCUT2D eigenvalue weighted by molar-refractivity contribution is -0.174. The average Bonchev–Trinajstić information content (AvgIpc) is 3.01. The van der Waals surface area contributed by atoms with E-state index in [4.69, 9.17) is 18.9 Å². The van der Waals surface area contributed by atoms with Crippen molar-refractivity contribution in [2.75, 3.05) is 6.61 Å². The Morgan fingerprint density at radius 3 is 1.45 bits per heavy atom. The summed E-state index contributed by atoms with van der Waals surface area (Å²) in [4.78, 5) is 50.1. The third-order valence-electron chi connectivity index (χ3n) is 7.69. The van der Waals surface area contributed by atoms with Crippen LogP contribution >= 0.6 is 0 Å².